The van der Waals surface area contributed by atoms with Gasteiger partial charge in [-0.2, -0.15) is 0 Å². The lowest BCUT2D eigenvalue weighted by atomic mass is 10.1. The van der Waals surface area contributed by atoms with Crippen LogP contribution in [0.2, 0.25) is 0 Å². The number of pyridine rings is 1. The first kappa shape index (κ1) is 11.4. The molecule has 90 valence electrons. The Balaban J connectivity index is 2.25. The summed E-state index contributed by atoms with van der Waals surface area (Å²) in [6.45, 7) is 2.10. The molecular formula is C15H14N2S. The molecule has 2 nitrogen and oxygen atoms in total. The van der Waals surface area contributed by atoms with E-state index in [1.54, 1.807) is 11.8 Å². The average molecular weight is 254 g/mol. The van der Waals surface area contributed by atoms with Crippen LogP contribution in [-0.4, -0.2) is 15.6 Å². The molecule has 1 aromatic carbocycles. The fourth-order valence-corrected chi connectivity index (χ4v) is 2.78. The molecular weight excluding hydrogens is 240 g/mol. The molecule has 0 saturated carbocycles. The summed E-state index contributed by atoms with van der Waals surface area (Å²) in [7, 11) is 0. The Morgan fingerprint density at radius 1 is 1.06 bits per heavy atom. The van der Waals surface area contributed by atoms with Gasteiger partial charge in [0, 0.05) is 11.8 Å². The Kier molecular flexibility index (Phi) is 2.84. The zero-order valence-electron chi connectivity index (χ0n) is 10.4. The van der Waals surface area contributed by atoms with Crippen LogP contribution in [0, 0.1) is 6.92 Å². The molecule has 2 heterocycles. The SMILES string of the molecule is CSc1c(-c2ccc(C)cc2)nc2ccccn12. The number of hydrogen-bond acceptors (Lipinski definition) is 2. The van der Waals surface area contributed by atoms with Gasteiger partial charge in [-0.3, -0.25) is 4.40 Å². The molecule has 0 N–H and O–H groups in total. The fraction of sp³-hybridized carbons (Fsp3) is 0.133. The van der Waals surface area contributed by atoms with Gasteiger partial charge in [-0.25, -0.2) is 4.98 Å². The van der Waals surface area contributed by atoms with Crippen LogP contribution in [0.3, 0.4) is 0 Å². The zero-order valence-corrected chi connectivity index (χ0v) is 11.2. The van der Waals surface area contributed by atoms with Crippen molar-refractivity contribution in [3.63, 3.8) is 0 Å². The van der Waals surface area contributed by atoms with E-state index in [0.717, 1.165) is 11.3 Å². The van der Waals surface area contributed by atoms with Crippen molar-refractivity contribution in [2.24, 2.45) is 0 Å². The Hall–Kier alpha value is -1.74. The maximum atomic E-state index is 4.73. The van der Waals surface area contributed by atoms with E-state index in [1.807, 2.05) is 18.2 Å². The van der Waals surface area contributed by atoms with Crippen molar-refractivity contribution in [3.8, 4) is 11.3 Å². The van der Waals surface area contributed by atoms with Gasteiger partial charge in [-0.15, -0.1) is 11.8 Å². The average Bonchev–Trinajstić information content (AvgIpc) is 2.78. The van der Waals surface area contributed by atoms with E-state index in [9.17, 15) is 0 Å². The summed E-state index contributed by atoms with van der Waals surface area (Å²) in [6.07, 6.45) is 4.15. The predicted octanol–water partition coefficient (Wildman–Crippen LogP) is 4.03. The quantitative estimate of drug-likeness (QED) is 0.642. The molecule has 3 rings (SSSR count). The molecule has 0 spiro atoms. The van der Waals surface area contributed by atoms with E-state index in [0.29, 0.717) is 0 Å². The molecule has 0 atom stereocenters. The molecule has 0 bridgehead atoms. The molecule has 3 heteroatoms. The van der Waals surface area contributed by atoms with Crippen molar-refractivity contribution in [3.05, 3.63) is 54.2 Å². The second kappa shape index (κ2) is 4.50. The van der Waals surface area contributed by atoms with E-state index in [-0.39, 0.29) is 0 Å². The molecule has 0 saturated heterocycles. The van der Waals surface area contributed by atoms with Crippen LogP contribution < -0.4 is 0 Å². The second-order valence-electron chi connectivity index (χ2n) is 4.26. The third-order valence-electron chi connectivity index (χ3n) is 3.00. The minimum absolute atomic E-state index is 0.998. The first-order valence-electron chi connectivity index (χ1n) is 5.88. The standard InChI is InChI=1S/C15H14N2S/c1-11-6-8-12(9-7-11)14-15(18-2)17-10-4-3-5-13(17)16-14/h3-10H,1-2H3. The largest absolute Gasteiger partial charge is 0.294 e. The number of hydrogen-bond donors (Lipinski definition) is 0. The maximum absolute atomic E-state index is 4.73. The number of rotatable bonds is 2. The highest BCUT2D eigenvalue weighted by Gasteiger charge is 2.12. The van der Waals surface area contributed by atoms with Gasteiger partial charge in [0.15, 0.2) is 0 Å². The van der Waals surface area contributed by atoms with Crippen LogP contribution in [-0.2, 0) is 0 Å². The van der Waals surface area contributed by atoms with Gasteiger partial charge >= 0.3 is 0 Å². The Morgan fingerprint density at radius 3 is 2.56 bits per heavy atom. The molecule has 0 aliphatic carbocycles. The summed E-state index contributed by atoms with van der Waals surface area (Å²) < 4.78 is 2.14. The summed E-state index contributed by atoms with van der Waals surface area (Å²) in [5, 5.41) is 1.19. The molecule has 18 heavy (non-hydrogen) atoms. The van der Waals surface area contributed by atoms with Crippen molar-refractivity contribution >= 4 is 17.4 Å². The number of fused-ring (bicyclic) bond motifs is 1. The van der Waals surface area contributed by atoms with Gasteiger partial charge < -0.3 is 0 Å². The van der Waals surface area contributed by atoms with Gasteiger partial charge in [0.05, 0.1) is 0 Å². The van der Waals surface area contributed by atoms with E-state index >= 15 is 0 Å². The summed E-state index contributed by atoms with van der Waals surface area (Å²) in [5.41, 5.74) is 4.51. The zero-order chi connectivity index (χ0) is 12.5. The van der Waals surface area contributed by atoms with Crippen molar-refractivity contribution in [1.29, 1.82) is 0 Å². The third-order valence-corrected chi connectivity index (χ3v) is 3.78. The van der Waals surface area contributed by atoms with Gasteiger partial charge in [-0.1, -0.05) is 35.9 Å². The van der Waals surface area contributed by atoms with E-state index in [1.165, 1.54) is 16.2 Å². The van der Waals surface area contributed by atoms with Crippen molar-refractivity contribution < 1.29 is 0 Å². The van der Waals surface area contributed by atoms with E-state index in [2.05, 4.69) is 48.0 Å². The van der Waals surface area contributed by atoms with Gasteiger partial charge in [-0.05, 0) is 25.3 Å². The van der Waals surface area contributed by atoms with Crippen LogP contribution in [0.25, 0.3) is 16.9 Å². The Labute approximate surface area is 111 Å². The number of imidazole rings is 1. The third kappa shape index (κ3) is 1.81. The Morgan fingerprint density at radius 2 is 1.83 bits per heavy atom. The molecule has 0 aliphatic heterocycles. The highest BCUT2D eigenvalue weighted by molar-refractivity contribution is 7.98. The van der Waals surface area contributed by atoms with Crippen LogP contribution in [0.15, 0.2) is 53.7 Å². The van der Waals surface area contributed by atoms with Crippen LogP contribution in [0.5, 0.6) is 0 Å². The smallest absolute Gasteiger partial charge is 0.138 e. The maximum Gasteiger partial charge on any atom is 0.138 e. The lowest BCUT2D eigenvalue weighted by molar-refractivity contribution is 1.05. The van der Waals surface area contributed by atoms with E-state index < -0.39 is 0 Å². The van der Waals surface area contributed by atoms with E-state index in [4.69, 9.17) is 4.98 Å². The van der Waals surface area contributed by atoms with Gasteiger partial charge in [0.2, 0.25) is 0 Å². The topological polar surface area (TPSA) is 17.3 Å². The minimum Gasteiger partial charge on any atom is -0.294 e. The normalized spacial score (nSPS) is 11.0. The van der Waals surface area contributed by atoms with Gasteiger partial charge in [0.1, 0.15) is 16.4 Å². The number of thioether (sulfide) groups is 1. The fourth-order valence-electron chi connectivity index (χ4n) is 2.07. The summed E-state index contributed by atoms with van der Waals surface area (Å²) in [6, 6.07) is 14.6. The minimum atomic E-state index is 0.998. The highest BCUT2D eigenvalue weighted by Crippen LogP contribution is 2.30. The monoisotopic (exact) mass is 254 g/mol. The van der Waals surface area contributed by atoms with Crippen LogP contribution in [0.4, 0.5) is 0 Å². The molecule has 0 fully saturated rings. The number of aromatic nitrogens is 2. The lowest BCUT2D eigenvalue weighted by Crippen LogP contribution is -1.85. The van der Waals surface area contributed by atoms with Crippen molar-refractivity contribution in [1.82, 2.24) is 9.38 Å². The molecule has 3 aromatic rings. The highest BCUT2D eigenvalue weighted by atomic mass is 32.2. The van der Waals surface area contributed by atoms with Crippen LogP contribution >= 0.6 is 11.8 Å². The summed E-state index contributed by atoms with van der Waals surface area (Å²) in [4.78, 5) is 4.73. The predicted molar refractivity (Wildman–Crippen MR) is 77.1 cm³/mol. The van der Waals surface area contributed by atoms with Crippen molar-refractivity contribution in [2.75, 3.05) is 6.26 Å². The number of nitrogens with zero attached hydrogens (tertiary/aromatic N) is 2. The van der Waals surface area contributed by atoms with Gasteiger partial charge in [0.25, 0.3) is 0 Å². The first-order chi connectivity index (χ1) is 8.79. The summed E-state index contributed by atoms with van der Waals surface area (Å²) in [5.74, 6) is 0. The summed E-state index contributed by atoms with van der Waals surface area (Å²) >= 11 is 1.73. The number of aryl methyl sites for hydroxylation is 1. The lowest BCUT2D eigenvalue weighted by Gasteiger charge is -2.02. The molecule has 0 unspecified atom stereocenters. The second-order valence-corrected chi connectivity index (χ2v) is 5.06. The molecule has 0 radical (unpaired) electrons. The Bertz CT molecular complexity index is 683. The molecule has 0 amide bonds. The molecule has 0 aliphatic rings. The molecule has 2 aromatic heterocycles. The van der Waals surface area contributed by atoms with Crippen LogP contribution in [0.1, 0.15) is 5.56 Å². The number of benzene rings is 1. The van der Waals surface area contributed by atoms with Crippen molar-refractivity contribution in [2.45, 2.75) is 11.9 Å². The first-order valence-corrected chi connectivity index (χ1v) is 7.10.